The van der Waals surface area contributed by atoms with Crippen LogP contribution in [0.15, 0.2) is 83.7 Å². The topological polar surface area (TPSA) is 33.1 Å². The standard InChI is InChI=1S/C20H15NOS2/c22-20(15-7-2-1-3-8-15,18-10-4-5-12-21-18)16-11-14-24-19(16)17-9-6-13-23-17/h1-14,22H. The largest absolute Gasteiger partial charge is 0.374 e. The SMILES string of the molecule is OC(c1ccccc1)(c1ccccn1)c1ccsc1-c1cccs1. The summed E-state index contributed by atoms with van der Waals surface area (Å²) in [5, 5.41) is 15.9. The van der Waals surface area contributed by atoms with Gasteiger partial charge < -0.3 is 5.11 Å². The summed E-state index contributed by atoms with van der Waals surface area (Å²) in [7, 11) is 0. The number of rotatable bonds is 4. The summed E-state index contributed by atoms with van der Waals surface area (Å²) in [6.07, 6.45) is 1.72. The summed E-state index contributed by atoms with van der Waals surface area (Å²) in [5.74, 6) is 0. The van der Waals surface area contributed by atoms with Gasteiger partial charge in [0.15, 0.2) is 5.60 Å². The van der Waals surface area contributed by atoms with Gasteiger partial charge in [0.2, 0.25) is 0 Å². The molecule has 0 bridgehead atoms. The molecule has 118 valence electrons. The van der Waals surface area contributed by atoms with Crippen molar-refractivity contribution < 1.29 is 5.11 Å². The average molecular weight is 349 g/mol. The van der Waals surface area contributed by atoms with Crippen molar-refractivity contribution in [2.75, 3.05) is 0 Å². The number of pyridine rings is 1. The van der Waals surface area contributed by atoms with Crippen LogP contribution in [0.4, 0.5) is 0 Å². The van der Waals surface area contributed by atoms with E-state index in [0.717, 1.165) is 20.9 Å². The van der Waals surface area contributed by atoms with Crippen LogP contribution >= 0.6 is 22.7 Å². The number of aliphatic hydroxyl groups is 1. The zero-order valence-electron chi connectivity index (χ0n) is 12.8. The van der Waals surface area contributed by atoms with Gasteiger partial charge in [0.25, 0.3) is 0 Å². The van der Waals surface area contributed by atoms with Crippen LogP contribution in [-0.2, 0) is 5.60 Å². The van der Waals surface area contributed by atoms with Gasteiger partial charge in [-0.1, -0.05) is 42.5 Å². The molecule has 4 aromatic rings. The Hall–Kier alpha value is -2.27. The van der Waals surface area contributed by atoms with Gasteiger partial charge in [-0.15, -0.1) is 22.7 Å². The normalized spacial score (nSPS) is 13.5. The predicted molar refractivity (Wildman–Crippen MR) is 100 cm³/mol. The molecule has 0 fully saturated rings. The van der Waals surface area contributed by atoms with Crippen molar-refractivity contribution in [3.8, 4) is 9.75 Å². The minimum atomic E-state index is -1.28. The van der Waals surface area contributed by atoms with Crippen LogP contribution in [-0.4, -0.2) is 10.1 Å². The second kappa shape index (κ2) is 6.32. The number of nitrogens with zero attached hydrogens (tertiary/aromatic N) is 1. The summed E-state index contributed by atoms with van der Waals surface area (Å²) < 4.78 is 0. The van der Waals surface area contributed by atoms with Crippen molar-refractivity contribution in [1.29, 1.82) is 0 Å². The molecule has 4 rings (SSSR count). The van der Waals surface area contributed by atoms with Gasteiger partial charge in [0, 0.05) is 16.6 Å². The molecule has 1 N–H and O–H groups in total. The molecular formula is C20H15NOS2. The van der Waals surface area contributed by atoms with Gasteiger partial charge in [-0.25, -0.2) is 0 Å². The molecule has 2 nitrogen and oxygen atoms in total. The van der Waals surface area contributed by atoms with Crippen LogP contribution in [0.2, 0.25) is 0 Å². The van der Waals surface area contributed by atoms with Gasteiger partial charge in [-0.2, -0.15) is 0 Å². The lowest BCUT2D eigenvalue weighted by Crippen LogP contribution is -2.30. The molecule has 0 radical (unpaired) electrons. The van der Waals surface area contributed by atoms with E-state index >= 15 is 0 Å². The number of benzene rings is 1. The third-order valence-corrected chi connectivity index (χ3v) is 5.99. The number of thiophene rings is 2. The summed E-state index contributed by atoms with van der Waals surface area (Å²) in [6, 6.07) is 21.5. The zero-order chi connectivity index (χ0) is 16.4. The molecule has 0 aliphatic heterocycles. The maximum absolute atomic E-state index is 11.8. The average Bonchev–Trinajstić information content (AvgIpc) is 3.34. The summed E-state index contributed by atoms with van der Waals surface area (Å²) in [4.78, 5) is 6.71. The van der Waals surface area contributed by atoms with Crippen LogP contribution in [0.25, 0.3) is 9.75 Å². The van der Waals surface area contributed by atoms with Crippen molar-refractivity contribution in [2.24, 2.45) is 0 Å². The van der Waals surface area contributed by atoms with Gasteiger partial charge >= 0.3 is 0 Å². The smallest absolute Gasteiger partial charge is 0.158 e. The molecule has 3 heterocycles. The molecule has 0 aliphatic rings. The van der Waals surface area contributed by atoms with Crippen molar-refractivity contribution in [1.82, 2.24) is 4.98 Å². The quantitative estimate of drug-likeness (QED) is 0.552. The Morgan fingerprint density at radius 3 is 2.33 bits per heavy atom. The van der Waals surface area contributed by atoms with Crippen LogP contribution in [0.5, 0.6) is 0 Å². The summed E-state index contributed by atoms with van der Waals surface area (Å²) in [5.41, 5.74) is 1.05. The fourth-order valence-corrected chi connectivity index (χ4v) is 4.72. The van der Waals surface area contributed by atoms with Crippen molar-refractivity contribution in [2.45, 2.75) is 5.60 Å². The van der Waals surface area contributed by atoms with E-state index in [4.69, 9.17) is 0 Å². The minimum absolute atomic E-state index is 0.632. The molecule has 0 aliphatic carbocycles. The molecular weight excluding hydrogens is 334 g/mol. The lowest BCUT2D eigenvalue weighted by Gasteiger charge is -2.29. The fourth-order valence-electron chi connectivity index (χ4n) is 2.89. The Morgan fingerprint density at radius 2 is 1.62 bits per heavy atom. The maximum Gasteiger partial charge on any atom is 0.158 e. The molecule has 1 aromatic carbocycles. The van der Waals surface area contributed by atoms with E-state index in [9.17, 15) is 5.11 Å². The monoisotopic (exact) mass is 349 g/mol. The van der Waals surface area contributed by atoms with Crippen LogP contribution < -0.4 is 0 Å². The van der Waals surface area contributed by atoms with E-state index in [0.29, 0.717) is 5.69 Å². The molecule has 0 saturated carbocycles. The Kier molecular flexibility index (Phi) is 4.02. The zero-order valence-corrected chi connectivity index (χ0v) is 14.4. The van der Waals surface area contributed by atoms with Crippen molar-refractivity contribution in [3.63, 3.8) is 0 Å². The highest BCUT2D eigenvalue weighted by Crippen LogP contribution is 2.44. The second-order valence-corrected chi connectivity index (χ2v) is 7.30. The van der Waals surface area contributed by atoms with E-state index in [1.54, 1.807) is 28.9 Å². The minimum Gasteiger partial charge on any atom is -0.374 e. The molecule has 1 unspecified atom stereocenters. The molecule has 0 saturated heterocycles. The van der Waals surface area contributed by atoms with Gasteiger partial charge in [0.05, 0.1) is 10.6 Å². The van der Waals surface area contributed by atoms with E-state index in [1.807, 2.05) is 66.0 Å². The van der Waals surface area contributed by atoms with Crippen molar-refractivity contribution in [3.05, 3.63) is 101 Å². The summed E-state index contributed by atoms with van der Waals surface area (Å²) in [6.45, 7) is 0. The predicted octanol–water partition coefficient (Wildman–Crippen LogP) is 5.16. The Morgan fingerprint density at radius 1 is 0.792 bits per heavy atom. The highest BCUT2D eigenvalue weighted by Gasteiger charge is 2.38. The van der Waals surface area contributed by atoms with Crippen LogP contribution in [0.3, 0.4) is 0 Å². The number of hydrogen-bond donors (Lipinski definition) is 1. The first-order valence-corrected chi connectivity index (χ1v) is 9.37. The van der Waals surface area contributed by atoms with Crippen molar-refractivity contribution >= 4 is 22.7 Å². The Bertz CT molecular complexity index is 875. The Balaban J connectivity index is 1.98. The first-order chi connectivity index (χ1) is 11.8. The van der Waals surface area contributed by atoms with E-state index in [1.165, 1.54) is 0 Å². The third-order valence-electron chi connectivity index (χ3n) is 4.03. The van der Waals surface area contributed by atoms with Gasteiger partial charge in [-0.3, -0.25) is 4.98 Å². The third kappa shape index (κ3) is 2.49. The van der Waals surface area contributed by atoms with E-state index in [-0.39, 0.29) is 0 Å². The van der Waals surface area contributed by atoms with E-state index in [2.05, 4.69) is 16.4 Å². The molecule has 1 atom stereocenters. The number of aromatic nitrogens is 1. The molecule has 3 aromatic heterocycles. The molecule has 4 heteroatoms. The first-order valence-electron chi connectivity index (χ1n) is 7.61. The van der Waals surface area contributed by atoms with Crippen LogP contribution in [0, 0.1) is 0 Å². The van der Waals surface area contributed by atoms with Crippen LogP contribution in [0.1, 0.15) is 16.8 Å². The fraction of sp³-hybridized carbons (Fsp3) is 0.0500. The van der Waals surface area contributed by atoms with E-state index < -0.39 is 5.60 Å². The lowest BCUT2D eigenvalue weighted by molar-refractivity contribution is 0.122. The second-order valence-electron chi connectivity index (χ2n) is 5.43. The molecule has 0 amide bonds. The summed E-state index contributed by atoms with van der Waals surface area (Å²) >= 11 is 3.33. The molecule has 0 spiro atoms. The Labute approximate surface area is 148 Å². The highest BCUT2D eigenvalue weighted by molar-refractivity contribution is 7.20. The lowest BCUT2D eigenvalue weighted by atomic mass is 9.83. The van der Waals surface area contributed by atoms with Gasteiger partial charge in [0.1, 0.15) is 0 Å². The van der Waals surface area contributed by atoms with Gasteiger partial charge in [-0.05, 0) is 40.6 Å². The first kappa shape index (κ1) is 15.3. The maximum atomic E-state index is 11.8. The number of hydrogen-bond acceptors (Lipinski definition) is 4. The molecule has 24 heavy (non-hydrogen) atoms. The highest BCUT2D eigenvalue weighted by atomic mass is 32.1.